The van der Waals surface area contributed by atoms with Crippen molar-refractivity contribution < 1.29 is 4.39 Å². The molecule has 0 heterocycles. The molecule has 0 aromatic heterocycles. The van der Waals surface area contributed by atoms with Crippen LogP contribution in [0.5, 0.6) is 0 Å². The molecule has 1 aliphatic carbocycles. The van der Waals surface area contributed by atoms with Crippen LogP contribution in [-0.4, -0.2) is 12.2 Å². The fraction of sp³-hybridized carbons (Fsp3) is 0.455. The predicted molar refractivity (Wildman–Crippen MR) is 65.5 cm³/mol. The van der Waals surface area contributed by atoms with Crippen molar-refractivity contribution in [1.82, 2.24) is 0 Å². The van der Waals surface area contributed by atoms with Gasteiger partial charge >= 0.3 is 0 Å². The second-order valence-corrected chi connectivity index (χ2v) is 5.08. The van der Waals surface area contributed by atoms with Crippen molar-refractivity contribution in [2.75, 3.05) is 11.9 Å². The lowest BCUT2D eigenvalue weighted by Gasteiger charge is -2.12. The molecule has 1 fully saturated rings. The van der Waals surface area contributed by atoms with Gasteiger partial charge in [0, 0.05) is 15.8 Å². The standard InChI is InChI=1S/C11H13FIN/c1-8-9(13)3-2-4-10(8)14-7-11(12)5-6-11/h2-4,14H,5-7H2,1H3. The highest BCUT2D eigenvalue weighted by molar-refractivity contribution is 14.1. The molecular weight excluding hydrogens is 292 g/mol. The molecule has 1 aromatic carbocycles. The number of halogens is 2. The van der Waals surface area contributed by atoms with Gasteiger partial charge in [-0.1, -0.05) is 6.07 Å². The molecule has 1 aliphatic rings. The van der Waals surface area contributed by atoms with Crippen molar-refractivity contribution >= 4 is 28.3 Å². The molecule has 0 amide bonds. The van der Waals surface area contributed by atoms with Gasteiger partial charge in [0.15, 0.2) is 0 Å². The summed E-state index contributed by atoms with van der Waals surface area (Å²) in [5.74, 6) is 0. The summed E-state index contributed by atoms with van der Waals surface area (Å²) in [5.41, 5.74) is 1.34. The summed E-state index contributed by atoms with van der Waals surface area (Å²) >= 11 is 2.29. The van der Waals surface area contributed by atoms with E-state index in [2.05, 4.69) is 40.9 Å². The van der Waals surface area contributed by atoms with Crippen LogP contribution in [0.3, 0.4) is 0 Å². The molecule has 0 bridgehead atoms. The maximum atomic E-state index is 13.4. The van der Waals surface area contributed by atoms with E-state index in [-0.39, 0.29) is 0 Å². The van der Waals surface area contributed by atoms with Gasteiger partial charge in [0.2, 0.25) is 0 Å². The number of alkyl halides is 1. The summed E-state index contributed by atoms with van der Waals surface area (Å²) in [7, 11) is 0. The smallest absolute Gasteiger partial charge is 0.128 e. The monoisotopic (exact) mass is 305 g/mol. The number of hydrogen-bond acceptors (Lipinski definition) is 1. The van der Waals surface area contributed by atoms with Crippen LogP contribution in [0.25, 0.3) is 0 Å². The minimum atomic E-state index is -0.923. The molecule has 0 aliphatic heterocycles. The van der Waals surface area contributed by atoms with Crippen molar-refractivity contribution in [3.8, 4) is 0 Å². The van der Waals surface area contributed by atoms with Gasteiger partial charge in [-0.3, -0.25) is 0 Å². The molecule has 0 unspecified atom stereocenters. The fourth-order valence-electron chi connectivity index (χ4n) is 1.37. The lowest BCUT2D eigenvalue weighted by atomic mass is 10.2. The van der Waals surface area contributed by atoms with E-state index in [0.29, 0.717) is 19.4 Å². The molecule has 1 N–H and O–H groups in total. The summed E-state index contributed by atoms with van der Waals surface area (Å²) in [6.07, 6.45) is 1.42. The van der Waals surface area contributed by atoms with E-state index in [9.17, 15) is 4.39 Å². The molecule has 2 rings (SSSR count). The first-order valence-electron chi connectivity index (χ1n) is 4.79. The SMILES string of the molecule is Cc1c(I)cccc1NCC1(F)CC1. The first kappa shape index (κ1) is 10.2. The van der Waals surface area contributed by atoms with E-state index >= 15 is 0 Å². The largest absolute Gasteiger partial charge is 0.382 e. The molecule has 0 atom stereocenters. The second-order valence-electron chi connectivity index (χ2n) is 3.92. The van der Waals surface area contributed by atoms with Crippen LogP contribution in [0.2, 0.25) is 0 Å². The Morgan fingerprint density at radius 2 is 2.21 bits per heavy atom. The topological polar surface area (TPSA) is 12.0 Å². The molecule has 1 saturated carbocycles. The van der Waals surface area contributed by atoms with Crippen molar-refractivity contribution in [3.63, 3.8) is 0 Å². The summed E-state index contributed by atoms with van der Waals surface area (Å²) in [5, 5.41) is 3.18. The Morgan fingerprint density at radius 1 is 1.50 bits per heavy atom. The van der Waals surface area contributed by atoms with Gasteiger partial charge in [-0.2, -0.15) is 0 Å². The van der Waals surface area contributed by atoms with Gasteiger partial charge < -0.3 is 5.32 Å². The molecule has 1 nitrogen and oxygen atoms in total. The Labute approximate surface area is 97.2 Å². The van der Waals surface area contributed by atoms with Crippen LogP contribution in [-0.2, 0) is 0 Å². The number of nitrogens with one attached hydrogen (secondary N) is 1. The highest BCUT2D eigenvalue weighted by atomic mass is 127. The summed E-state index contributed by atoms with van der Waals surface area (Å²) < 4.78 is 14.6. The number of anilines is 1. The van der Waals surface area contributed by atoms with Crippen molar-refractivity contribution in [2.45, 2.75) is 25.4 Å². The van der Waals surface area contributed by atoms with Crippen LogP contribution in [0, 0.1) is 10.5 Å². The summed E-state index contributed by atoms with van der Waals surface area (Å²) in [6.45, 7) is 2.51. The lowest BCUT2D eigenvalue weighted by molar-refractivity contribution is 0.326. The minimum absolute atomic E-state index is 0.452. The Bertz CT molecular complexity index is 347. The number of hydrogen-bond donors (Lipinski definition) is 1. The normalized spacial score (nSPS) is 17.9. The van der Waals surface area contributed by atoms with Crippen LogP contribution in [0.4, 0.5) is 10.1 Å². The van der Waals surface area contributed by atoms with E-state index in [4.69, 9.17) is 0 Å². The molecule has 3 heteroatoms. The van der Waals surface area contributed by atoms with E-state index in [1.54, 1.807) is 0 Å². The average molecular weight is 305 g/mol. The van der Waals surface area contributed by atoms with Crippen LogP contribution in [0.15, 0.2) is 18.2 Å². The average Bonchev–Trinajstić information content (AvgIpc) is 2.88. The molecule has 0 radical (unpaired) electrons. The zero-order valence-electron chi connectivity index (χ0n) is 8.11. The zero-order valence-corrected chi connectivity index (χ0v) is 10.3. The van der Waals surface area contributed by atoms with Crippen molar-refractivity contribution in [3.05, 3.63) is 27.3 Å². The second kappa shape index (κ2) is 3.68. The Kier molecular flexibility index (Phi) is 2.68. The highest BCUT2D eigenvalue weighted by Crippen LogP contribution is 2.39. The quantitative estimate of drug-likeness (QED) is 0.843. The fourth-order valence-corrected chi connectivity index (χ4v) is 1.86. The Hall–Kier alpha value is -0.320. The maximum Gasteiger partial charge on any atom is 0.128 e. The van der Waals surface area contributed by atoms with E-state index < -0.39 is 5.67 Å². The van der Waals surface area contributed by atoms with Gasteiger partial charge in [-0.15, -0.1) is 0 Å². The van der Waals surface area contributed by atoms with E-state index in [1.165, 1.54) is 9.13 Å². The van der Waals surface area contributed by atoms with Gasteiger partial charge in [0.05, 0.1) is 0 Å². The Morgan fingerprint density at radius 3 is 2.86 bits per heavy atom. The molecule has 0 saturated heterocycles. The van der Waals surface area contributed by atoms with E-state index in [0.717, 1.165) is 5.69 Å². The molecule has 0 spiro atoms. The molecular formula is C11H13FIN. The third-order valence-corrected chi connectivity index (χ3v) is 3.82. The van der Waals surface area contributed by atoms with E-state index in [1.807, 2.05) is 12.1 Å². The van der Waals surface area contributed by atoms with Gasteiger partial charge in [-0.25, -0.2) is 4.39 Å². The van der Waals surface area contributed by atoms with Crippen molar-refractivity contribution in [2.24, 2.45) is 0 Å². The van der Waals surface area contributed by atoms with Crippen molar-refractivity contribution in [1.29, 1.82) is 0 Å². The van der Waals surface area contributed by atoms with Gasteiger partial charge in [0.25, 0.3) is 0 Å². The minimum Gasteiger partial charge on any atom is -0.382 e. The molecule has 1 aromatic rings. The first-order valence-corrected chi connectivity index (χ1v) is 5.86. The first-order chi connectivity index (χ1) is 6.61. The Balaban J connectivity index is 2.05. The predicted octanol–water partition coefficient (Wildman–Crippen LogP) is 3.51. The zero-order chi connectivity index (χ0) is 10.2. The molecule has 76 valence electrons. The highest BCUT2D eigenvalue weighted by Gasteiger charge is 2.42. The molecule has 14 heavy (non-hydrogen) atoms. The number of rotatable bonds is 3. The lowest BCUT2D eigenvalue weighted by Crippen LogP contribution is -2.16. The third-order valence-electron chi connectivity index (χ3n) is 2.66. The summed E-state index contributed by atoms with van der Waals surface area (Å²) in [4.78, 5) is 0. The third kappa shape index (κ3) is 2.19. The number of benzene rings is 1. The van der Waals surface area contributed by atoms with Crippen LogP contribution in [0.1, 0.15) is 18.4 Å². The van der Waals surface area contributed by atoms with Crippen LogP contribution < -0.4 is 5.32 Å². The van der Waals surface area contributed by atoms with Gasteiger partial charge in [-0.05, 0) is 60.1 Å². The maximum absolute atomic E-state index is 13.4. The summed E-state index contributed by atoms with van der Waals surface area (Å²) in [6, 6.07) is 6.06. The van der Waals surface area contributed by atoms with Gasteiger partial charge in [0.1, 0.15) is 5.67 Å². The van der Waals surface area contributed by atoms with Crippen LogP contribution >= 0.6 is 22.6 Å².